The van der Waals surface area contributed by atoms with Crippen LogP contribution >= 0.6 is 12.4 Å². The molecule has 0 spiro atoms. The third kappa shape index (κ3) is 3.06. The zero-order chi connectivity index (χ0) is 12.4. The number of nitrogens with one attached hydrogen (secondary N) is 2. The van der Waals surface area contributed by atoms with E-state index in [4.69, 9.17) is 0 Å². The van der Waals surface area contributed by atoms with Gasteiger partial charge in [-0.3, -0.25) is 0 Å². The Morgan fingerprint density at radius 3 is 2.58 bits per heavy atom. The second kappa shape index (κ2) is 5.76. The molecule has 0 amide bonds. The average Bonchev–Trinajstić information content (AvgIpc) is 2.85. The number of aromatic nitrogens is 1. The van der Waals surface area contributed by atoms with Gasteiger partial charge in [-0.05, 0) is 47.3 Å². The maximum Gasteiger partial charge on any atom is 0.123 e. The number of hydrogen-bond acceptors (Lipinski definition) is 1. The van der Waals surface area contributed by atoms with E-state index in [1.165, 1.54) is 23.1 Å². The van der Waals surface area contributed by atoms with E-state index in [0.717, 1.165) is 17.7 Å². The van der Waals surface area contributed by atoms with E-state index < -0.39 is 0 Å². The van der Waals surface area contributed by atoms with Gasteiger partial charge in [-0.1, -0.05) is 12.1 Å². The fraction of sp³-hybridized carbons (Fsp3) is 0.0667. The van der Waals surface area contributed by atoms with Gasteiger partial charge in [0.2, 0.25) is 0 Å². The summed E-state index contributed by atoms with van der Waals surface area (Å²) in [4.78, 5) is 3.19. The van der Waals surface area contributed by atoms with Crippen LogP contribution in [0.15, 0.2) is 54.7 Å². The van der Waals surface area contributed by atoms with Gasteiger partial charge in [0.1, 0.15) is 5.82 Å². The molecule has 0 saturated heterocycles. The minimum absolute atomic E-state index is 0. The minimum Gasteiger partial charge on any atom is -0.381 e. The molecule has 0 unspecified atom stereocenters. The molecule has 0 fully saturated rings. The Labute approximate surface area is 117 Å². The lowest BCUT2D eigenvalue weighted by Crippen LogP contribution is -1.99. The summed E-state index contributed by atoms with van der Waals surface area (Å²) in [6, 6.07) is 14.7. The first-order valence-corrected chi connectivity index (χ1v) is 5.87. The minimum atomic E-state index is -0.214. The molecule has 1 aromatic heterocycles. The fourth-order valence-corrected chi connectivity index (χ4v) is 1.98. The Bertz CT molecular complexity index is 661. The third-order valence-electron chi connectivity index (χ3n) is 2.96. The number of rotatable bonds is 3. The molecule has 3 rings (SSSR count). The lowest BCUT2D eigenvalue weighted by Gasteiger charge is -2.06. The van der Waals surface area contributed by atoms with Crippen LogP contribution in [0.3, 0.4) is 0 Å². The largest absolute Gasteiger partial charge is 0.381 e. The summed E-state index contributed by atoms with van der Waals surface area (Å²) in [6.45, 7) is 0.723. The Kier molecular flexibility index (Phi) is 4.07. The first-order valence-electron chi connectivity index (χ1n) is 5.87. The summed E-state index contributed by atoms with van der Waals surface area (Å²) in [6.07, 6.45) is 1.93. The van der Waals surface area contributed by atoms with Crippen molar-refractivity contribution in [2.75, 3.05) is 5.32 Å². The van der Waals surface area contributed by atoms with Gasteiger partial charge in [0.05, 0.1) is 0 Å². The number of hydrogen-bond donors (Lipinski definition) is 2. The molecule has 0 aliphatic rings. The zero-order valence-corrected chi connectivity index (χ0v) is 11.0. The van der Waals surface area contributed by atoms with Crippen LogP contribution in [0, 0.1) is 5.82 Å². The van der Waals surface area contributed by atoms with Crippen molar-refractivity contribution in [3.63, 3.8) is 0 Å². The molecular weight excluding hydrogens is 263 g/mol. The van der Waals surface area contributed by atoms with Crippen molar-refractivity contribution in [3.05, 3.63) is 66.1 Å². The molecule has 3 aromatic rings. The van der Waals surface area contributed by atoms with E-state index >= 15 is 0 Å². The SMILES string of the molecule is Cl.Fc1ccc(NCc2ccc3cc[nH]c3c2)cc1. The van der Waals surface area contributed by atoms with Crippen molar-refractivity contribution in [1.29, 1.82) is 0 Å². The maximum absolute atomic E-state index is 12.8. The lowest BCUT2D eigenvalue weighted by molar-refractivity contribution is 0.628. The van der Waals surface area contributed by atoms with Crippen molar-refractivity contribution < 1.29 is 4.39 Å². The summed E-state index contributed by atoms with van der Waals surface area (Å²) in [7, 11) is 0. The molecule has 1 heterocycles. The first kappa shape index (κ1) is 13.4. The molecule has 0 radical (unpaired) electrons. The molecule has 19 heavy (non-hydrogen) atoms. The van der Waals surface area contributed by atoms with Gasteiger partial charge in [-0.25, -0.2) is 4.39 Å². The van der Waals surface area contributed by atoms with Crippen molar-refractivity contribution in [2.45, 2.75) is 6.54 Å². The van der Waals surface area contributed by atoms with Gasteiger partial charge in [0.25, 0.3) is 0 Å². The molecule has 0 saturated carbocycles. The summed E-state index contributed by atoms with van der Waals surface area (Å²) in [5, 5.41) is 4.47. The number of fused-ring (bicyclic) bond motifs is 1. The predicted octanol–water partition coefficient (Wildman–Crippen LogP) is 4.34. The van der Waals surface area contributed by atoms with Crippen molar-refractivity contribution in [2.24, 2.45) is 0 Å². The second-order valence-electron chi connectivity index (χ2n) is 4.26. The van der Waals surface area contributed by atoms with E-state index in [9.17, 15) is 4.39 Å². The van der Waals surface area contributed by atoms with Gasteiger partial charge < -0.3 is 10.3 Å². The van der Waals surface area contributed by atoms with E-state index in [0.29, 0.717) is 0 Å². The third-order valence-corrected chi connectivity index (χ3v) is 2.96. The highest BCUT2D eigenvalue weighted by Crippen LogP contribution is 2.16. The van der Waals surface area contributed by atoms with E-state index in [1.54, 1.807) is 12.1 Å². The molecule has 0 bridgehead atoms. The molecular formula is C15H14ClFN2. The molecule has 98 valence electrons. The summed E-state index contributed by atoms with van der Waals surface area (Å²) in [5.74, 6) is -0.214. The molecule has 2 nitrogen and oxygen atoms in total. The molecule has 0 aliphatic carbocycles. The highest BCUT2D eigenvalue weighted by molar-refractivity contribution is 5.85. The summed E-state index contributed by atoms with van der Waals surface area (Å²) in [5.41, 5.74) is 3.24. The lowest BCUT2D eigenvalue weighted by atomic mass is 10.1. The van der Waals surface area contributed by atoms with Crippen molar-refractivity contribution >= 4 is 29.0 Å². The second-order valence-corrected chi connectivity index (χ2v) is 4.26. The van der Waals surface area contributed by atoms with Crippen LogP contribution in [-0.2, 0) is 6.54 Å². The van der Waals surface area contributed by atoms with E-state index in [1.807, 2.05) is 12.3 Å². The average molecular weight is 277 g/mol. The highest BCUT2D eigenvalue weighted by Gasteiger charge is 1.98. The zero-order valence-electron chi connectivity index (χ0n) is 10.2. The Balaban J connectivity index is 0.00000133. The normalized spacial score (nSPS) is 10.2. The smallest absolute Gasteiger partial charge is 0.123 e. The van der Waals surface area contributed by atoms with Gasteiger partial charge in [-0.2, -0.15) is 0 Å². The van der Waals surface area contributed by atoms with Crippen LogP contribution in [0.5, 0.6) is 0 Å². The van der Waals surface area contributed by atoms with Crippen LogP contribution < -0.4 is 5.32 Å². The van der Waals surface area contributed by atoms with Crippen LogP contribution in [0.25, 0.3) is 10.9 Å². The van der Waals surface area contributed by atoms with Crippen LogP contribution in [0.2, 0.25) is 0 Å². The Morgan fingerprint density at radius 2 is 1.79 bits per heavy atom. The number of anilines is 1. The summed E-state index contributed by atoms with van der Waals surface area (Å²) >= 11 is 0. The highest BCUT2D eigenvalue weighted by atomic mass is 35.5. The van der Waals surface area contributed by atoms with Crippen LogP contribution in [0.1, 0.15) is 5.56 Å². The fourth-order valence-electron chi connectivity index (χ4n) is 1.98. The van der Waals surface area contributed by atoms with Crippen molar-refractivity contribution in [3.8, 4) is 0 Å². The monoisotopic (exact) mass is 276 g/mol. The van der Waals surface area contributed by atoms with Crippen LogP contribution in [0.4, 0.5) is 10.1 Å². The Morgan fingerprint density at radius 1 is 1.00 bits per heavy atom. The topological polar surface area (TPSA) is 27.8 Å². The number of aromatic amines is 1. The van der Waals surface area contributed by atoms with Gasteiger partial charge in [-0.15, -0.1) is 12.4 Å². The standard InChI is InChI=1S/C15H13FN2.ClH/c16-13-3-5-14(6-4-13)18-10-11-1-2-12-7-8-17-15(12)9-11;/h1-9,17-18H,10H2;1H. The number of halogens is 2. The van der Waals surface area contributed by atoms with Gasteiger partial charge in [0, 0.05) is 23.9 Å². The first-order chi connectivity index (χ1) is 8.81. The maximum atomic E-state index is 12.8. The predicted molar refractivity (Wildman–Crippen MR) is 79.3 cm³/mol. The number of benzene rings is 2. The van der Waals surface area contributed by atoms with Crippen LogP contribution in [-0.4, -0.2) is 4.98 Å². The number of H-pyrrole nitrogens is 1. The summed E-state index contributed by atoms with van der Waals surface area (Å²) < 4.78 is 12.8. The van der Waals surface area contributed by atoms with E-state index in [-0.39, 0.29) is 18.2 Å². The molecule has 0 aliphatic heterocycles. The molecule has 4 heteroatoms. The van der Waals surface area contributed by atoms with E-state index in [2.05, 4.69) is 28.5 Å². The van der Waals surface area contributed by atoms with Crippen molar-refractivity contribution in [1.82, 2.24) is 4.98 Å². The quantitative estimate of drug-likeness (QED) is 0.732. The molecule has 2 N–H and O–H groups in total. The molecule has 2 aromatic carbocycles. The van der Waals surface area contributed by atoms with Gasteiger partial charge >= 0.3 is 0 Å². The molecule has 0 atom stereocenters. The Hall–Kier alpha value is -2.00. The van der Waals surface area contributed by atoms with Gasteiger partial charge in [0.15, 0.2) is 0 Å².